The molecule has 0 aromatic heterocycles. The van der Waals surface area contributed by atoms with Crippen molar-refractivity contribution in [2.75, 3.05) is 6.54 Å². The predicted octanol–water partition coefficient (Wildman–Crippen LogP) is 0.540. The summed E-state index contributed by atoms with van der Waals surface area (Å²) < 4.78 is 0. The fourth-order valence-electron chi connectivity index (χ4n) is 2.60. The van der Waals surface area contributed by atoms with E-state index in [4.69, 9.17) is 10.8 Å². The number of carbonyl (C=O) groups is 2. The van der Waals surface area contributed by atoms with Crippen molar-refractivity contribution in [3.05, 3.63) is 39.9 Å². The smallest absolute Gasteiger partial charge is 0.326 e. The van der Waals surface area contributed by atoms with Crippen LogP contribution in [0.4, 0.5) is 5.69 Å². The van der Waals surface area contributed by atoms with Crippen molar-refractivity contribution in [3.8, 4) is 0 Å². The molecule has 0 radical (unpaired) electrons. The average Bonchev–Trinajstić information content (AvgIpc) is 2.96. The highest BCUT2D eigenvalue weighted by atomic mass is 16.6. The van der Waals surface area contributed by atoms with Crippen LogP contribution in [0.2, 0.25) is 0 Å². The molecule has 1 aliphatic heterocycles. The van der Waals surface area contributed by atoms with Crippen LogP contribution < -0.4 is 5.73 Å². The molecule has 1 fully saturated rings. The molecule has 0 aliphatic carbocycles. The molecule has 2 rings (SSSR count). The lowest BCUT2D eigenvalue weighted by atomic mass is 10.0. The first-order valence-electron chi connectivity index (χ1n) is 6.92. The van der Waals surface area contributed by atoms with Crippen LogP contribution >= 0.6 is 0 Å². The first-order valence-corrected chi connectivity index (χ1v) is 6.92. The summed E-state index contributed by atoms with van der Waals surface area (Å²) in [6.45, 7) is 0.393. The van der Waals surface area contributed by atoms with E-state index in [2.05, 4.69) is 0 Å². The van der Waals surface area contributed by atoms with Crippen molar-refractivity contribution < 1.29 is 19.6 Å². The van der Waals surface area contributed by atoms with Crippen LogP contribution in [0.25, 0.3) is 0 Å². The highest BCUT2D eigenvalue weighted by Crippen LogP contribution is 2.19. The minimum Gasteiger partial charge on any atom is -0.480 e. The third-order valence-corrected chi connectivity index (χ3v) is 3.74. The first kappa shape index (κ1) is 15.9. The van der Waals surface area contributed by atoms with E-state index in [9.17, 15) is 19.7 Å². The van der Waals surface area contributed by atoms with Gasteiger partial charge in [-0.3, -0.25) is 14.9 Å². The molecule has 0 spiro atoms. The number of rotatable bonds is 5. The Morgan fingerprint density at radius 2 is 2.05 bits per heavy atom. The van der Waals surface area contributed by atoms with Crippen molar-refractivity contribution in [1.82, 2.24) is 4.90 Å². The van der Waals surface area contributed by atoms with Gasteiger partial charge in [-0.1, -0.05) is 12.1 Å². The summed E-state index contributed by atoms with van der Waals surface area (Å²) in [6, 6.07) is 4.12. The van der Waals surface area contributed by atoms with E-state index in [0.717, 1.165) is 0 Å². The van der Waals surface area contributed by atoms with E-state index in [1.165, 1.54) is 17.0 Å². The fourth-order valence-corrected chi connectivity index (χ4v) is 2.60. The fraction of sp³-hybridized carbons (Fsp3) is 0.429. The third kappa shape index (κ3) is 3.40. The van der Waals surface area contributed by atoms with Gasteiger partial charge in [-0.15, -0.1) is 0 Å². The number of carbonyl (C=O) groups excluding carboxylic acids is 1. The maximum absolute atomic E-state index is 12.3. The molecule has 3 N–H and O–H groups in total. The number of amides is 1. The molecule has 0 bridgehead atoms. The van der Waals surface area contributed by atoms with Crippen molar-refractivity contribution >= 4 is 17.6 Å². The summed E-state index contributed by atoms with van der Waals surface area (Å²) in [4.78, 5) is 34.8. The second-order valence-electron chi connectivity index (χ2n) is 5.26. The number of nitrogens with zero attached hydrogens (tertiary/aromatic N) is 2. The summed E-state index contributed by atoms with van der Waals surface area (Å²) in [5.74, 6) is -1.42. The quantitative estimate of drug-likeness (QED) is 0.604. The van der Waals surface area contributed by atoms with E-state index in [1.807, 2.05) is 0 Å². The number of aliphatic carboxylic acids is 1. The zero-order chi connectivity index (χ0) is 16.3. The molecule has 1 aromatic rings. The largest absolute Gasteiger partial charge is 0.480 e. The van der Waals surface area contributed by atoms with Gasteiger partial charge in [-0.2, -0.15) is 0 Å². The summed E-state index contributed by atoms with van der Waals surface area (Å²) in [5.41, 5.74) is 6.53. The normalized spacial score (nSPS) is 19.0. The second kappa shape index (κ2) is 6.52. The lowest BCUT2D eigenvalue weighted by Crippen LogP contribution is -2.49. The minimum absolute atomic E-state index is 0.0332. The molecule has 8 nitrogen and oxygen atoms in total. The molecule has 118 valence electrons. The van der Waals surface area contributed by atoms with E-state index in [1.54, 1.807) is 12.1 Å². The second-order valence-corrected chi connectivity index (χ2v) is 5.26. The van der Waals surface area contributed by atoms with E-state index in [-0.39, 0.29) is 12.1 Å². The number of carboxylic acid groups (broad SMARTS) is 1. The van der Waals surface area contributed by atoms with Gasteiger partial charge >= 0.3 is 5.97 Å². The van der Waals surface area contributed by atoms with Crippen LogP contribution in [0.1, 0.15) is 18.4 Å². The zero-order valence-corrected chi connectivity index (χ0v) is 11.8. The number of hydrogen-bond acceptors (Lipinski definition) is 5. The van der Waals surface area contributed by atoms with Gasteiger partial charge in [-0.25, -0.2) is 4.79 Å². The Hall–Kier alpha value is -2.48. The molecule has 1 aromatic carbocycles. The van der Waals surface area contributed by atoms with E-state index < -0.39 is 28.9 Å². The van der Waals surface area contributed by atoms with Crippen molar-refractivity contribution in [2.45, 2.75) is 31.3 Å². The lowest BCUT2D eigenvalue weighted by Gasteiger charge is -2.24. The number of benzene rings is 1. The summed E-state index contributed by atoms with van der Waals surface area (Å²) in [7, 11) is 0. The molecular formula is C14H17N3O5. The lowest BCUT2D eigenvalue weighted by molar-refractivity contribution is -0.384. The molecular weight excluding hydrogens is 290 g/mol. The maximum Gasteiger partial charge on any atom is 0.326 e. The summed E-state index contributed by atoms with van der Waals surface area (Å²) in [5, 5.41) is 19.7. The minimum atomic E-state index is -1.02. The number of non-ortho nitro benzene ring substituents is 1. The van der Waals surface area contributed by atoms with E-state index in [0.29, 0.717) is 24.9 Å². The van der Waals surface area contributed by atoms with Gasteiger partial charge in [0.15, 0.2) is 0 Å². The van der Waals surface area contributed by atoms with Gasteiger partial charge in [-0.05, 0) is 24.8 Å². The van der Waals surface area contributed by atoms with Crippen LogP contribution in [0.15, 0.2) is 24.3 Å². The number of carboxylic acids is 1. The Labute approximate surface area is 126 Å². The Morgan fingerprint density at radius 1 is 1.41 bits per heavy atom. The van der Waals surface area contributed by atoms with Crippen LogP contribution in [0.3, 0.4) is 0 Å². The topological polar surface area (TPSA) is 127 Å². The van der Waals surface area contributed by atoms with Gasteiger partial charge in [0.05, 0.1) is 11.0 Å². The molecule has 22 heavy (non-hydrogen) atoms. The molecule has 0 saturated carbocycles. The van der Waals surface area contributed by atoms with Gasteiger partial charge in [0.25, 0.3) is 5.69 Å². The highest BCUT2D eigenvalue weighted by Gasteiger charge is 2.35. The molecule has 1 aliphatic rings. The van der Waals surface area contributed by atoms with Crippen molar-refractivity contribution in [2.24, 2.45) is 5.73 Å². The van der Waals surface area contributed by atoms with Gasteiger partial charge < -0.3 is 15.7 Å². The average molecular weight is 307 g/mol. The standard InChI is InChI=1S/C14H17N3O5/c15-11(8-9-3-5-10(6-4-9)17(21)22)13(18)16-7-1-2-12(16)14(19)20/h3-6,11-12H,1-2,7-8,15H2,(H,19,20)/t11-,12-/m0/s1. The highest BCUT2D eigenvalue weighted by molar-refractivity contribution is 5.87. The van der Waals surface area contributed by atoms with Gasteiger partial charge in [0.2, 0.25) is 5.91 Å². The SMILES string of the molecule is N[C@@H](Cc1ccc([N+](=O)[O-])cc1)C(=O)N1CCC[C@H]1C(=O)O. The van der Waals surface area contributed by atoms with E-state index >= 15 is 0 Å². The maximum atomic E-state index is 12.3. The van der Waals surface area contributed by atoms with Crippen molar-refractivity contribution in [1.29, 1.82) is 0 Å². The molecule has 1 heterocycles. The number of nitro groups is 1. The number of hydrogen-bond donors (Lipinski definition) is 2. The Kier molecular flexibility index (Phi) is 4.71. The number of likely N-dealkylation sites (tertiary alicyclic amines) is 1. The van der Waals surface area contributed by atoms with Crippen molar-refractivity contribution in [3.63, 3.8) is 0 Å². The Morgan fingerprint density at radius 3 is 2.59 bits per heavy atom. The van der Waals surface area contributed by atoms with Gasteiger partial charge in [0, 0.05) is 18.7 Å². The monoisotopic (exact) mass is 307 g/mol. The zero-order valence-electron chi connectivity index (χ0n) is 11.8. The summed E-state index contributed by atoms with van der Waals surface area (Å²) in [6.07, 6.45) is 1.29. The third-order valence-electron chi connectivity index (χ3n) is 3.74. The van der Waals surface area contributed by atoms with Crippen LogP contribution in [0.5, 0.6) is 0 Å². The number of nitro benzene ring substituents is 1. The summed E-state index contributed by atoms with van der Waals surface area (Å²) >= 11 is 0. The Balaban J connectivity index is 2.02. The van der Waals surface area contributed by atoms with Gasteiger partial charge in [0.1, 0.15) is 6.04 Å². The predicted molar refractivity (Wildman–Crippen MR) is 77.1 cm³/mol. The molecule has 8 heteroatoms. The molecule has 1 saturated heterocycles. The molecule has 2 atom stereocenters. The molecule has 1 amide bonds. The Bertz CT molecular complexity index is 587. The van der Waals surface area contributed by atoms with Crippen LogP contribution in [-0.4, -0.2) is 45.4 Å². The van der Waals surface area contributed by atoms with Crippen LogP contribution in [-0.2, 0) is 16.0 Å². The van der Waals surface area contributed by atoms with Crippen LogP contribution in [0, 0.1) is 10.1 Å². The number of nitrogens with two attached hydrogens (primary N) is 1. The first-order chi connectivity index (χ1) is 10.4. The molecule has 0 unspecified atom stereocenters.